The second kappa shape index (κ2) is 11.8. The van der Waals surface area contributed by atoms with E-state index in [-0.39, 0.29) is 30.1 Å². The molecule has 0 bridgehead atoms. The number of carbonyl (C=O) groups excluding carboxylic acids is 2. The van der Waals surface area contributed by atoms with E-state index in [0.717, 1.165) is 42.3 Å². The predicted molar refractivity (Wildman–Crippen MR) is 144 cm³/mol. The van der Waals surface area contributed by atoms with Crippen LogP contribution in [0.1, 0.15) is 54.4 Å². The van der Waals surface area contributed by atoms with Crippen LogP contribution >= 0.6 is 0 Å². The molecule has 1 unspecified atom stereocenters. The molecule has 1 amide bonds. The van der Waals surface area contributed by atoms with Gasteiger partial charge in [-0.1, -0.05) is 39.0 Å². The molecule has 1 aliphatic rings. The highest BCUT2D eigenvalue weighted by Crippen LogP contribution is 2.40. The number of para-hydroxylation sites is 1. The molecular weight excluding hydrogens is 525 g/mol. The van der Waals surface area contributed by atoms with Gasteiger partial charge in [-0.25, -0.2) is 4.79 Å². The standard InChI is InChI=1S/C30H33F3N2O5/c1-29(2,3)18-9-11-23-21(15-18)27(20-7-5-6-8-22(20)34-23)28(37)40-17-26(36)35-24-16-19(30(31,32)33)10-12-25(24)39-14-13-38-4/h5-8,10,12,16,18H,9,11,13-15,17H2,1-4H3,(H,35,36). The minimum absolute atomic E-state index is 0.0262. The zero-order valence-electron chi connectivity index (χ0n) is 23.0. The number of nitrogens with zero attached hydrogens (tertiary/aromatic N) is 1. The van der Waals surface area contributed by atoms with Crippen molar-refractivity contribution in [3.8, 4) is 5.75 Å². The van der Waals surface area contributed by atoms with Gasteiger partial charge in [0.25, 0.3) is 5.91 Å². The summed E-state index contributed by atoms with van der Waals surface area (Å²) in [6.07, 6.45) is -2.29. The van der Waals surface area contributed by atoms with Crippen molar-refractivity contribution in [3.63, 3.8) is 0 Å². The Morgan fingerprint density at radius 2 is 1.82 bits per heavy atom. The third-order valence-electron chi connectivity index (χ3n) is 7.15. The lowest BCUT2D eigenvalue weighted by Gasteiger charge is -2.35. The summed E-state index contributed by atoms with van der Waals surface area (Å²) >= 11 is 0. The van der Waals surface area contributed by atoms with E-state index in [4.69, 9.17) is 19.2 Å². The maximum absolute atomic E-state index is 13.5. The molecule has 0 radical (unpaired) electrons. The maximum atomic E-state index is 13.5. The number of hydrogen-bond acceptors (Lipinski definition) is 6. The second-order valence-electron chi connectivity index (χ2n) is 10.9. The summed E-state index contributed by atoms with van der Waals surface area (Å²) in [6.45, 7) is 6.07. The number of methoxy groups -OCH3 is 1. The number of hydrogen-bond donors (Lipinski definition) is 1. The number of ether oxygens (including phenoxy) is 3. The van der Waals surface area contributed by atoms with Crippen LogP contribution in [-0.2, 0) is 33.3 Å². The monoisotopic (exact) mass is 558 g/mol. The Morgan fingerprint density at radius 3 is 2.52 bits per heavy atom. The average Bonchev–Trinajstić information content (AvgIpc) is 2.89. The third-order valence-corrected chi connectivity index (χ3v) is 7.15. The number of halogens is 3. The molecule has 0 spiro atoms. The lowest BCUT2D eigenvalue weighted by molar-refractivity contribution is -0.137. The van der Waals surface area contributed by atoms with Crippen molar-refractivity contribution in [2.45, 2.75) is 46.2 Å². The average molecular weight is 559 g/mol. The topological polar surface area (TPSA) is 86.8 Å². The van der Waals surface area contributed by atoms with Gasteiger partial charge in [0, 0.05) is 18.2 Å². The predicted octanol–water partition coefficient (Wildman–Crippen LogP) is 6.23. The SMILES string of the molecule is COCCOc1ccc(C(F)(F)F)cc1NC(=O)COC(=O)c1c2c(nc3ccccc13)CCC(C(C)(C)C)C2. The van der Waals surface area contributed by atoms with Gasteiger partial charge in [-0.2, -0.15) is 13.2 Å². The number of amides is 1. The van der Waals surface area contributed by atoms with Crippen LogP contribution in [-0.4, -0.2) is 43.8 Å². The smallest absolute Gasteiger partial charge is 0.416 e. The fourth-order valence-corrected chi connectivity index (χ4v) is 4.92. The van der Waals surface area contributed by atoms with Gasteiger partial charge in [-0.05, 0) is 60.4 Å². The van der Waals surface area contributed by atoms with Gasteiger partial charge in [-0.15, -0.1) is 0 Å². The molecule has 1 aromatic heterocycles. The number of fused-ring (bicyclic) bond motifs is 2. The van der Waals surface area contributed by atoms with Crippen molar-refractivity contribution in [1.82, 2.24) is 4.98 Å². The molecule has 0 saturated heterocycles. The van der Waals surface area contributed by atoms with Gasteiger partial charge >= 0.3 is 12.1 Å². The van der Waals surface area contributed by atoms with Crippen molar-refractivity contribution in [3.05, 3.63) is 64.8 Å². The Hall–Kier alpha value is -3.66. The van der Waals surface area contributed by atoms with Crippen LogP contribution in [0.5, 0.6) is 5.75 Å². The van der Waals surface area contributed by atoms with E-state index >= 15 is 0 Å². The molecule has 4 rings (SSSR count). The van der Waals surface area contributed by atoms with Crippen molar-refractivity contribution < 1.29 is 37.0 Å². The molecule has 40 heavy (non-hydrogen) atoms. The summed E-state index contributed by atoms with van der Waals surface area (Å²) < 4.78 is 55.7. The first-order valence-electron chi connectivity index (χ1n) is 13.1. The molecule has 7 nitrogen and oxygen atoms in total. The van der Waals surface area contributed by atoms with E-state index in [0.29, 0.717) is 28.8 Å². The summed E-state index contributed by atoms with van der Waals surface area (Å²) in [4.78, 5) is 31.0. The highest BCUT2D eigenvalue weighted by Gasteiger charge is 2.34. The fraction of sp³-hybridized carbons (Fsp3) is 0.433. The van der Waals surface area contributed by atoms with Crippen molar-refractivity contribution >= 4 is 28.5 Å². The summed E-state index contributed by atoms with van der Waals surface area (Å²) in [7, 11) is 1.46. The summed E-state index contributed by atoms with van der Waals surface area (Å²) in [6, 6.07) is 10.0. The van der Waals surface area contributed by atoms with E-state index in [9.17, 15) is 22.8 Å². The number of alkyl halides is 3. The fourth-order valence-electron chi connectivity index (χ4n) is 4.92. The summed E-state index contributed by atoms with van der Waals surface area (Å²) in [5.41, 5.74) is 1.59. The van der Waals surface area contributed by atoms with Crippen LogP contribution in [0.2, 0.25) is 0 Å². The Labute approximate surface area is 231 Å². The van der Waals surface area contributed by atoms with Crippen LogP contribution in [0.3, 0.4) is 0 Å². The molecule has 2 aromatic carbocycles. The van der Waals surface area contributed by atoms with Crippen LogP contribution in [0.4, 0.5) is 18.9 Å². The highest BCUT2D eigenvalue weighted by molar-refractivity contribution is 6.06. The van der Waals surface area contributed by atoms with E-state index in [1.54, 1.807) is 6.07 Å². The third kappa shape index (κ3) is 6.72. The maximum Gasteiger partial charge on any atom is 0.416 e. The van der Waals surface area contributed by atoms with Crippen LogP contribution in [0.25, 0.3) is 10.9 Å². The Morgan fingerprint density at radius 1 is 1.07 bits per heavy atom. The molecule has 1 N–H and O–H groups in total. The van der Waals surface area contributed by atoms with Gasteiger partial charge < -0.3 is 19.5 Å². The zero-order valence-corrected chi connectivity index (χ0v) is 23.0. The Kier molecular flexibility index (Phi) is 8.68. The number of aromatic nitrogens is 1. The number of nitrogens with one attached hydrogen (secondary N) is 1. The highest BCUT2D eigenvalue weighted by atomic mass is 19.4. The first-order valence-corrected chi connectivity index (χ1v) is 13.1. The van der Waals surface area contributed by atoms with Gasteiger partial charge in [0.2, 0.25) is 0 Å². The lowest BCUT2D eigenvalue weighted by atomic mass is 9.70. The number of esters is 1. The molecule has 1 atom stereocenters. The molecule has 3 aromatic rings. The number of rotatable bonds is 8. The van der Waals surface area contributed by atoms with Crippen LogP contribution in [0, 0.1) is 11.3 Å². The number of carbonyl (C=O) groups is 2. The van der Waals surface area contributed by atoms with Crippen LogP contribution in [0.15, 0.2) is 42.5 Å². The second-order valence-corrected chi connectivity index (χ2v) is 10.9. The first-order chi connectivity index (χ1) is 18.9. The van der Waals surface area contributed by atoms with Gasteiger partial charge in [0.15, 0.2) is 6.61 Å². The number of aryl methyl sites for hydroxylation is 1. The Bertz CT molecular complexity index is 1400. The van der Waals surface area contributed by atoms with Crippen LogP contribution < -0.4 is 10.1 Å². The molecule has 0 aliphatic heterocycles. The molecule has 1 aliphatic carbocycles. The van der Waals surface area contributed by atoms with Crippen molar-refractivity contribution in [1.29, 1.82) is 0 Å². The minimum atomic E-state index is -4.62. The molecule has 10 heteroatoms. The summed E-state index contributed by atoms with van der Waals surface area (Å²) in [5.74, 6) is -1.12. The van der Waals surface area contributed by atoms with E-state index < -0.39 is 30.2 Å². The molecule has 1 heterocycles. The summed E-state index contributed by atoms with van der Waals surface area (Å²) in [5, 5.41) is 3.02. The molecule has 0 saturated carbocycles. The number of pyridine rings is 1. The van der Waals surface area contributed by atoms with Crippen molar-refractivity contribution in [2.24, 2.45) is 11.3 Å². The lowest BCUT2D eigenvalue weighted by Crippen LogP contribution is -2.29. The van der Waals surface area contributed by atoms with Gasteiger partial charge in [0.05, 0.1) is 28.9 Å². The van der Waals surface area contributed by atoms with E-state index in [1.165, 1.54) is 7.11 Å². The number of benzene rings is 2. The molecule has 0 fully saturated rings. The molecular formula is C30H33F3N2O5. The largest absolute Gasteiger partial charge is 0.489 e. The first kappa shape index (κ1) is 29.3. The normalized spacial score (nSPS) is 15.4. The van der Waals surface area contributed by atoms with Gasteiger partial charge in [-0.3, -0.25) is 9.78 Å². The van der Waals surface area contributed by atoms with Crippen molar-refractivity contribution in [2.75, 3.05) is 32.2 Å². The van der Waals surface area contributed by atoms with Gasteiger partial charge in [0.1, 0.15) is 12.4 Å². The van der Waals surface area contributed by atoms with E-state index in [2.05, 4.69) is 26.1 Å². The van der Waals surface area contributed by atoms with E-state index in [1.807, 2.05) is 18.2 Å². The Balaban J connectivity index is 1.56. The zero-order chi connectivity index (χ0) is 29.1. The molecule has 214 valence electrons. The number of anilines is 1. The minimum Gasteiger partial charge on any atom is -0.489 e. The quantitative estimate of drug-likeness (QED) is 0.261.